The molecule has 1 nitrogen and oxygen atoms in total. The lowest BCUT2D eigenvalue weighted by Gasteiger charge is -1.98. The van der Waals surface area contributed by atoms with E-state index < -0.39 is 0 Å². The van der Waals surface area contributed by atoms with Crippen LogP contribution < -0.4 is 0 Å². The van der Waals surface area contributed by atoms with Gasteiger partial charge in [0.25, 0.3) is 0 Å². The molecule has 0 N–H and O–H groups in total. The zero-order chi connectivity index (χ0) is 9.68. The molecular formula is C11H10ClN. The van der Waals surface area contributed by atoms with Crippen LogP contribution in [0, 0.1) is 18.3 Å². The lowest BCUT2D eigenvalue weighted by atomic mass is 10.1. The van der Waals surface area contributed by atoms with Crippen LogP contribution in [0.2, 0.25) is 5.02 Å². The van der Waals surface area contributed by atoms with Crippen LogP contribution in [0.25, 0.3) is 6.08 Å². The summed E-state index contributed by atoms with van der Waals surface area (Å²) in [5, 5.41) is 9.06. The largest absolute Gasteiger partial charge is 0.198 e. The van der Waals surface area contributed by atoms with Gasteiger partial charge in [-0.25, -0.2) is 0 Å². The summed E-state index contributed by atoms with van der Waals surface area (Å²) in [6.45, 7) is 2.01. The van der Waals surface area contributed by atoms with Gasteiger partial charge in [0.2, 0.25) is 0 Å². The fraction of sp³-hybridized carbons (Fsp3) is 0.182. The first-order valence-corrected chi connectivity index (χ1v) is 4.41. The standard InChI is InChI=1S/C11H10ClN/c1-9-5-6-11(12)10(8-9)4-2-3-7-13/h2,4-6,8H,3H2,1H3. The molecule has 0 radical (unpaired) electrons. The van der Waals surface area contributed by atoms with Gasteiger partial charge in [-0.05, 0) is 18.6 Å². The fourth-order valence-corrected chi connectivity index (χ4v) is 1.21. The molecule has 1 aromatic carbocycles. The summed E-state index contributed by atoms with van der Waals surface area (Å²) < 4.78 is 0. The van der Waals surface area contributed by atoms with Crippen LogP contribution in [-0.4, -0.2) is 0 Å². The highest BCUT2D eigenvalue weighted by Gasteiger charge is 1.95. The van der Waals surface area contributed by atoms with Crippen molar-refractivity contribution < 1.29 is 0 Å². The zero-order valence-corrected chi connectivity index (χ0v) is 8.17. The van der Waals surface area contributed by atoms with Gasteiger partial charge in [-0.1, -0.05) is 41.4 Å². The second-order valence-corrected chi connectivity index (χ2v) is 3.20. The Morgan fingerprint density at radius 2 is 2.31 bits per heavy atom. The number of hydrogen-bond donors (Lipinski definition) is 0. The van der Waals surface area contributed by atoms with Crippen LogP contribution in [0.3, 0.4) is 0 Å². The summed E-state index contributed by atoms with van der Waals surface area (Å²) in [6, 6.07) is 7.86. The Bertz CT molecular complexity index is 361. The third kappa shape index (κ3) is 2.93. The second-order valence-electron chi connectivity index (χ2n) is 2.79. The minimum absolute atomic E-state index is 0.421. The molecule has 13 heavy (non-hydrogen) atoms. The molecule has 1 aromatic rings. The van der Waals surface area contributed by atoms with Crippen molar-refractivity contribution in [2.75, 3.05) is 0 Å². The molecule has 0 atom stereocenters. The number of allylic oxidation sites excluding steroid dienone is 1. The average Bonchev–Trinajstić information content (AvgIpc) is 2.11. The highest BCUT2D eigenvalue weighted by molar-refractivity contribution is 6.32. The summed E-state index contributed by atoms with van der Waals surface area (Å²) in [5.41, 5.74) is 2.14. The smallest absolute Gasteiger partial charge is 0.0663 e. The van der Waals surface area contributed by atoms with Crippen molar-refractivity contribution in [3.8, 4) is 6.07 Å². The van der Waals surface area contributed by atoms with Gasteiger partial charge in [0, 0.05) is 5.02 Å². The molecule has 1 rings (SSSR count). The highest BCUT2D eigenvalue weighted by Crippen LogP contribution is 2.18. The fourth-order valence-electron chi connectivity index (χ4n) is 1.03. The van der Waals surface area contributed by atoms with Crippen molar-refractivity contribution in [2.24, 2.45) is 0 Å². The first-order valence-electron chi connectivity index (χ1n) is 4.03. The summed E-state index contributed by atoms with van der Waals surface area (Å²) in [5.74, 6) is 0. The molecule has 0 aliphatic rings. The molecule has 0 heterocycles. The zero-order valence-electron chi connectivity index (χ0n) is 7.42. The summed E-state index contributed by atoms with van der Waals surface area (Å²) in [6.07, 6.45) is 4.10. The maximum Gasteiger partial charge on any atom is 0.0663 e. The Balaban J connectivity index is 2.88. The van der Waals surface area contributed by atoms with Gasteiger partial charge in [-0.15, -0.1) is 0 Å². The summed E-state index contributed by atoms with van der Waals surface area (Å²) >= 11 is 5.94. The van der Waals surface area contributed by atoms with E-state index in [2.05, 4.69) is 0 Å². The van der Waals surface area contributed by atoms with Crippen LogP contribution in [-0.2, 0) is 0 Å². The predicted octanol–water partition coefficient (Wildman–Crippen LogP) is 3.58. The van der Waals surface area contributed by atoms with Gasteiger partial charge in [-0.3, -0.25) is 0 Å². The molecule has 0 fully saturated rings. The molecule has 0 unspecified atom stereocenters. The second kappa shape index (κ2) is 4.69. The van der Waals surface area contributed by atoms with Gasteiger partial charge in [0.15, 0.2) is 0 Å². The Morgan fingerprint density at radius 3 is 3.00 bits per heavy atom. The number of nitriles is 1. The molecule has 66 valence electrons. The van der Waals surface area contributed by atoms with E-state index in [1.807, 2.05) is 37.3 Å². The molecule has 0 spiro atoms. The van der Waals surface area contributed by atoms with E-state index >= 15 is 0 Å². The Labute approximate surface area is 83.3 Å². The number of halogens is 1. The van der Waals surface area contributed by atoms with E-state index in [1.165, 1.54) is 5.56 Å². The summed E-state index contributed by atoms with van der Waals surface area (Å²) in [4.78, 5) is 0. The summed E-state index contributed by atoms with van der Waals surface area (Å²) in [7, 11) is 0. The lowest BCUT2D eigenvalue weighted by molar-refractivity contribution is 1.36. The molecule has 0 aromatic heterocycles. The van der Waals surface area contributed by atoms with Gasteiger partial charge < -0.3 is 0 Å². The van der Waals surface area contributed by atoms with Gasteiger partial charge in [0.05, 0.1) is 12.5 Å². The normalized spacial score (nSPS) is 10.2. The molecule has 0 saturated carbocycles. The van der Waals surface area contributed by atoms with Gasteiger partial charge in [0.1, 0.15) is 0 Å². The van der Waals surface area contributed by atoms with Gasteiger partial charge in [-0.2, -0.15) is 5.26 Å². The van der Waals surface area contributed by atoms with E-state index in [0.717, 1.165) is 10.6 Å². The first-order chi connectivity index (χ1) is 6.24. The molecule has 0 amide bonds. The minimum atomic E-state index is 0.421. The number of aryl methyl sites for hydroxylation is 1. The van der Waals surface area contributed by atoms with Crippen molar-refractivity contribution in [1.29, 1.82) is 5.26 Å². The number of nitrogens with zero attached hydrogens (tertiary/aromatic N) is 1. The highest BCUT2D eigenvalue weighted by atomic mass is 35.5. The predicted molar refractivity (Wildman–Crippen MR) is 55.5 cm³/mol. The Morgan fingerprint density at radius 1 is 1.54 bits per heavy atom. The SMILES string of the molecule is Cc1ccc(Cl)c(C=CCC#N)c1. The maximum absolute atomic E-state index is 8.33. The Hall–Kier alpha value is -1.26. The molecule has 2 heteroatoms. The van der Waals surface area contributed by atoms with Crippen LogP contribution in [0.4, 0.5) is 0 Å². The van der Waals surface area contributed by atoms with Crippen molar-refractivity contribution >= 4 is 17.7 Å². The minimum Gasteiger partial charge on any atom is -0.198 e. The number of benzene rings is 1. The third-order valence-corrected chi connectivity index (χ3v) is 2.00. The third-order valence-electron chi connectivity index (χ3n) is 1.66. The van der Waals surface area contributed by atoms with Crippen molar-refractivity contribution in [3.63, 3.8) is 0 Å². The molecule has 0 saturated heterocycles. The monoisotopic (exact) mass is 191 g/mol. The van der Waals surface area contributed by atoms with Crippen LogP contribution in [0.15, 0.2) is 24.3 Å². The topological polar surface area (TPSA) is 23.8 Å². The molecule has 0 bridgehead atoms. The van der Waals surface area contributed by atoms with Crippen LogP contribution >= 0.6 is 11.6 Å². The molecule has 0 aliphatic heterocycles. The van der Waals surface area contributed by atoms with Crippen molar-refractivity contribution in [1.82, 2.24) is 0 Å². The van der Waals surface area contributed by atoms with Crippen molar-refractivity contribution in [3.05, 3.63) is 40.4 Å². The van der Waals surface area contributed by atoms with Gasteiger partial charge >= 0.3 is 0 Å². The van der Waals surface area contributed by atoms with E-state index in [1.54, 1.807) is 6.08 Å². The number of rotatable bonds is 2. The lowest BCUT2D eigenvalue weighted by Crippen LogP contribution is -1.77. The van der Waals surface area contributed by atoms with E-state index in [4.69, 9.17) is 16.9 Å². The quantitative estimate of drug-likeness (QED) is 0.701. The van der Waals surface area contributed by atoms with E-state index in [9.17, 15) is 0 Å². The van der Waals surface area contributed by atoms with Crippen LogP contribution in [0.5, 0.6) is 0 Å². The maximum atomic E-state index is 8.33. The van der Waals surface area contributed by atoms with E-state index in [-0.39, 0.29) is 0 Å². The first kappa shape index (κ1) is 9.83. The number of hydrogen-bond acceptors (Lipinski definition) is 1. The molecule has 0 aliphatic carbocycles. The van der Waals surface area contributed by atoms with Crippen LogP contribution in [0.1, 0.15) is 17.5 Å². The average molecular weight is 192 g/mol. The van der Waals surface area contributed by atoms with Crippen molar-refractivity contribution in [2.45, 2.75) is 13.3 Å². The van der Waals surface area contributed by atoms with E-state index in [0.29, 0.717) is 6.42 Å². The Kier molecular flexibility index (Phi) is 3.54. The molecular weight excluding hydrogens is 182 g/mol.